The van der Waals surface area contributed by atoms with Gasteiger partial charge in [-0.2, -0.15) is 0 Å². The molecule has 5 nitrogen and oxygen atoms in total. The molecule has 1 aromatic carbocycles. The van der Waals surface area contributed by atoms with Gasteiger partial charge in [0.15, 0.2) is 0 Å². The van der Waals surface area contributed by atoms with Gasteiger partial charge in [-0.3, -0.25) is 9.59 Å². The Labute approximate surface area is 125 Å². The monoisotopic (exact) mass is 290 g/mol. The maximum Gasteiger partial charge on any atom is 0.251 e. The summed E-state index contributed by atoms with van der Waals surface area (Å²) < 4.78 is 0. The lowest BCUT2D eigenvalue weighted by molar-refractivity contribution is -0.132. The number of carbonyl (C=O) groups excluding carboxylic acids is 2. The second-order valence-electron chi connectivity index (χ2n) is 5.68. The standard InChI is InChI=1S/C16H22N2O3/c1-11(17-15(20)13-6-4-3-5-7-13)16(21)18(2)10-14(19)12-8-9-12/h3-7,11-12,14,19H,8-10H2,1-2H3,(H,17,20). The second-order valence-corrected chi connectivity index (χ2v) is 5.68. The molecule has 21 heavy (non-hydrogen) atoms. The Morgan fingerprint density at radius 3 is 2.52 bits per heavy atom. The van der Waals surface area contributed by atoms with Gasteiger partial charge in [-0.1, -0.05) is 18.2 Å². The van der Waals surface area contributed by atoms with Crippen LogP contribution in [0.3, 0.4) is 0 Å². The lowest BCUT2D eigenvalue weighted by atomic mass is 10.2. The third-order valence-corrected chi connectivity index (χ3v) is 3.76. The largest absolute Gasteiger partial charge is 0.391 e. The molecule has 0 bridgehead atoms. The van der Waals surface area contributed by atoms with E-state index in [9.17, 15) is 14.7 Å². The summed E-state index contributed by atoms with van der Waals surface area (Å²) in [6.45, 7) is 1.97. The van der Waals surface area contributed by atoms with Crippen LogP contribution in [0.4, 0.5) is 0 Å². The van der Waals surface area contributed by atoms with Crippen LogP contribution in [0.2, 0.25) is 0 Å². The molecule has 2 rings (SSSR count). The van der Waals surface area contributed by atoms with E-state index in [2.05, 4.69) is 5.32 Å². The summed E-state index contributed by atoms with van der Waals surface area (Å²) in [4.78, 5) is 25.7. The first-order valence-electron chi connectivity index (χ1n) is 7.28. The molecule has 1 aliphatic rings. The van der Waals surface area contributed by atoms with Crippen molar-refractivity contribution in [3.63, 3.8) is 0 Å². The number of amides is 2. The minimum atomic E-state index is -0.617. The third-order valence-electron chi connectivity index (χ3n) is 3.76. The quantitative estimate of drug-likeness (QED) is 0.822. The van der Waals surface area contributed by atoms with Crippen LogP contribution in [-0.2, 0) is 4.79 Å². The topological polar surface area (TPSA) is 69.6 Å². The van der Waals surface area contributed by atoms with Crippen LogP contribution in [-0.4, -0.2) is 47.6 Å². The minimum absolute atomic E-state index is 0.195. The van der Waals surface area contributed by atoms with Crippen molar-refractivity contribution in [1.29, 1.82) is 0 Å². The summed E-state index contributed by atoms with van der Waals surface area (Å²) in [7, 11) is 1.65. The van der Waals surface area contributed by atoms with Crippen LogP contribution in [0.25, 0.3) is 0 Å². The first-order chi connectivity index (χ1) is 9.99. The summed E-state index contributed by atoms with van der Waals surface area (Å²) >= 11 is 0. The van der Waals surface area contributed by atoms with E-state index in [0.717, 1.165) is 12.8 Å². The fourth-order valence-electron chi connectivity index (χ4n) is 2.26. The molecule has 1 aromatic rings. The predicted molar refractivity (Wildman–Crippen MR) is 79.7 cm³/mol. The van der Waals surface area contributed by atoms with Crippen LogP contribution in [0.1, 0.15) is 30.1 Å². The highest BCUT2D eigenvalue weighted by molar-refractivity contribution is 5.97. The highest BCUT2D eigenvalue weighted by Crippen LogP contribution is 2.32. The molecule has 1 fully saturated rings. The van der Waals surface area contributed by atoms with E-state index in [4.69, 9.17) is 0 Å². The summed E-state index contributed by atoms with van der Waals surface area (Å²) in [6.07, 6.45) is 1.60. The van der Waals surface area contributed by atoms with Gasteiger partial charge in [0.25, 0.3) is 5.91 Å². The number of nitrogens with one attached hydrogen (secondary N) is 1. The van der Waals surface area contributed by atoms with Gasteiger partial charge in [0.05, 0.1) is 6.10 Å². The normalized spacial score (nSPS) is 16.9. The van der Waals surface area contributed by atoms with Crippen LogP contribution in [0.5, 0.6) is 0 Å². The Hall–Kier alpha value is -1.88. The molecular weight excluding hydrogens is 268 g/mol. The molecule has 0 aromatic heterocycles. The van der Waals surface area contributed by atoms with Gasteiger partial charge < -0.3 is 15.3 Å². The van der Waals surface area contributed by atoms with Crippen molar-refractivity contribution in [3.05, 3.63) is 35.9 Å². The summed E-state index contributed by atoms with van der Waals surface area (Å²) in [5.41, 5.74) is 0.526. The van der Waals surface area contributed by atoms with Crippen molar-refractivity contribution in [3.8, 4) is 0 Å². The van der Waals surface area contributed by atoms with Crippen molar-refractivity contribution in [2.45, 2.75) is 31.9 Å². The molecule has 1 saturated carbocycles. The van der Waals surface area contributed by atoms with Gasteiger partial charge in [0.2, 0.25) is 5.91 Å². The molecule has 0 radical (unpaired) electrons. The van der Waals surface area contributed by atoms with Gasteiger partial charge in [-0.15, -0.1) is 0 Å². The Morgan fingerprint density at radius 2 is 1.95 bits per heavy atom. The molecule has 1 aliphatic carbocycles. The molecule has 5 heteroatoms. The van der Waals surface area contributed by atoms with Crippen LogP contribution in [0, 0.1) is 5.92 Å². The molecule has 2 amide bonds. The van der Waals surface area contributed by atoms with Crippen molar-refractivity contribution in [1.82, 2.24) is 10.2 Å². The zero-order valence-corrected chi connectivity index (χ0v) is 12.5. The molecule has 2 unspecified atom stereocenters. The zero-order chi connectivity index (χ0) is 15.4. The Kier molecular flexibility index (Phi) is 4.96. The van der Waals surface area contributed by atoms with Crippen LogP contribution in [0.15, 0.2) is 30.3 Å². The van der Waals surface area contributed by atoms with Gasteiger partial charge in [-0.25, -0.2) is 0 Å². The van der Waals surface area contributed by atoms with E-state index >= 15 is 0 Å². The van der Waals surface area contributed by atoms with Gasteiger partial charge in [0, 0.05) is 19.2 Å². The predicted octanol–water partition coefficient (Wildman–Crippen LogP) is 1.03. The average Bonchev–Trinajstić information content (AvgIpc) is 3.31. The summed E-state index contributed by atoms with van der Waals surface area (Å²) in [6, 6.07) is 8.17. The number of likely N-dealkylation sites (N-methyl/N-ethyl adjacent to an activating group) is 1. The lowest BCUT2D eigenvalue weighted by Gasteiger charge is -2.24. The summed E-state index contributed by atoms with van der Waals surface area (Å²) in [5.74, 6) is -0.138. The fourth-order valence-corrected chi connectivity index (χ4v) is 2.26. The number of benzene rings is 1. The number of aliphatic hydroxyl groups excluding tert-OH is 1. The molecule has 114 valence electrons. The molecule has 0 heterocycles. The average molecular weight is 290 g/mol. The lowest BCUT2D eigenvalue weighted by Crippen LogP contribution is -2.47. The summed E-state index contributed by atoms with van der Waals surface area (Å²) in [5, 5.41) is 12.6. The highest BCUT2D eigenvalue weighted by Gasteiger charge is 2.32. The molecule has 2 atom stereocenters. The Balaban J connectivity index is 1.85. The molecule has 0 saturated heterocycles. The number of aliphatic hydroxyl groups is 1. The number of rotatable bonds is 6. The van der Waals surface area contributed by atoms with Crippen LogP contribution < -0.4 is 5.32 Å². The number of hydrogen-bond donors (Lipinski definition) is 2. The van der Waals surface area contributed by atoms with E-state index in [1.165, 1.54) is 4.90 Å². The van der Waals surface area contributed by atoms with Gasteiger partial charge in [0.1, 0.15) is 6.04 Å². The Bertz CT molecular complexity index is 500. The molecule has 2 N–H and O–H groups in total. The van der Waals surface area contributed by atoms with Gasteiger partial charge >= 0.3 is 0 Å². The van der Waals surface area contributed by atoms with Crippen molar-refractivity contribution >= 4 is 11.8 Å². The van der Waals surface area contributed by atoms with E-state index in [1.54, 1.807) is 38.2 Å². The number of hydrogen-bond acceptors (Lipinski definition) is 3. The van der Waals surface area contributed by atoms with Crippen molar-refractivity contribution < 1.29 is 14.7 Å². The molecule has 0 aliphatic heterocycles. The van der Waals surface area contributed by atoms with Crippen LogP contribution >= 0.6 is 0 Å². The zero-order valence-electron chi connectivity index (χ0n) is 12.5. The van der Waals surface area contributed by atoms with E-state index < -0.39 is 12.1 Å². The first-order valence-corrected chi connectivity index (χ1v) is 7.28. The maximum atomic E-state index is 12.2. The first kappa shape index (κ1) is 15.5. The van der Waals surface area contributed by atoms with Gasteiger partial charge in [-0.05, 0) is 37.8 Å². The third kappa shape index (κ3) is 4.29. The smallest absolute Gasteiger partial charge is 0.251 e. The number of carbonyl (C=O) groups is 2. The minimum Gasteiger partial charge on any atom is -0.391 e. The highest BCUT2D eigenvalue weighted by atomic mass is 16.3. The molecule has 0 spiro atoms. The maximum absolute atomic E-state index is 12.2. The van der Waals surface area contributed by atoms with E-state index in [-0.39, 0.29) is 11.8 Å². The Morgan fingerprint density at radius 1 is 1.33 bits per heavy atom. The SMILES string of the molecule is CC(NC(=O)c1ccccc1)C(=O)N(C)CC(O)C1CC1. The van der Waals surface area contributed by atoms with E-state index in [1.807, 2.05) is 6.07 Å². The van der Waals surface area contributed by atoms with E-state index in [0.29, 0.717) is 18.0 Å². The fraction of sp³-hybridized carbons (Fsp3) is 0.500. The second kappa shape index (κ2) is 6.72. The van der Waals surface area contributed by atoms with Crippen molar-refractivity contribution in [2.24, 2.45) is 5.92 Å². The molecular formula is C16H22N2O3. The number of nitrogens with zero attached hydrogens (tertiary/aromatic N) is 1. The van der Waals surface area contributed by atoms with Crippen molar-refractivity contribution in [2.75, 3.05) is 13.6 Å².